The molecule has 0 aliphatic heterocycles. The van der Waals surface area contributed by atoms with Gasteiger partial charge in [-0.2, -0.15) is 0 Å². The van der Waals surface area contributed by atoms with Gasteiger partial charge >= 0.3 is 0 Å². The number of hydrogen-bond acceptors (Lipinski definition) is 4. The Hall–Kier alpha value is -3.73. The number of carbonyl (C=O) groups excluding carboxylic acids is 2. The molecule has 1 aliphatic rings. The molecule has 4 unspecified atom stereocenters. The van der Waals surface area contributed by atoms with Gasteiger partial charge in [-0.25, -0.2) is 0 Å². The van der Waals surface area contributed by atoms with Crippen LogP contribution in [0.3, 0.4) is 0 Å². The van der Waals surface area contributed by atoms with E-state index in [1.165, 1.54) is 62.5 Å². The summed E-state index contributed by atoms with van der Waals surface area (Å²) in [4.78, 5) is 31.4. The summed E-state index contributed by atoms with van der Waals surface area (Å²) in [5.74, 6) is 1.12. The Morgan fingerprint density at radius 3 is 1.88 bits per heavy atom. The second-order valence-corrected chi connectivity index (χ2v) is 16.1. The van der Waals surface area contributed by atoms with E-state index in [1.54, 1.807) is 30.2 Å². The quantitative estimate of drug-likeness (QED) is 0.0518. The molecular formula is C54H91N3O2. The lowest BCUT2D eigenvalue weighted by atomic mass is 9.90. The largest absolute Gasteiger partial charge is 0.361 e. The minimum Gasteiger partial charge on any atom is -0.361 e. The summed E-state index contributed by atoms with van der Waals surface area (Å²) in [6.45, 7) is 36.0. The highest BCUT2D eigenvalue weighted by atomic mass is 16.2. The number of nitrogens with zero attached hydrogens (tertiary/aromatic N) is 1. The molecule has 0 fully saturated rings. The smallest absolute Gasteiger partial charge is 0.254 e. The van der Waals surface area contributed by atoms with Gasteiger partial charge in [-0.15, -0.1) is 0 Å². The number of nitrogens with one attached hydrogen (secondary N) is 2. The summed E-state index contributed by atoms with van der Waals surface area (Å²) in [5, 5.41) is 6.39. The molecule has 2 aromatic rings. The predicted molar refractivity (Wildman–Crippen MR) is 264 cm³/mol. The second kappa shape index (κ2) is 35.1. The molecular weight excluding hydrogens is 723 g/mol. The van der Waals surface area contributed by atoms with Crippen molar-refractivity contribution >= 4 is 23.1 Å². The zero-order chi connectivity index (χ0) is 45.3. The van der Waals surface area contributed by atoms with Gasteiger partial charge in [0.15, 0.2) is 5.78 Å². The van der Waals surface area contributed by atoms with Crippen LogP contribution in [0.15, 0.2) is 82.9 Å². The number of aliphatic imine (C=N–C) groups is 1. The molecule has 334 valence electrons. The Labute approximate surface area is 365 Å². The van der Waals surface area contributed by atoms with Crippen molar-refractivity contribution < 1.29 is 9.59 Å². The molecule has 2 N–H and O–H groups in total. The third-order valence-corrected chi connectivity index (χ3v) is 10.6. The van der Waals surface area contributed by atoms with E-state index in [0.29, 0.717) is 29.7 Å². The summed E-state index contributed by atoms with van der Waals surface area (Å²) >= 11 is 0. The van der Waals surface area contributed by atoms with Gasteiger partial charge in [-0.1, -0.05) is 176 Å². The molecule has 0 saturated carbocycles. The summed E-state index contributed by atoms with van der Waals surface area (Å²) < 4.78 is 0. The molecule has 5 nitrogen and oxygen atoms in total. The summed E-state index contributed by atoms with van der Waals surface area (Å²) in [7, 11) is 0. The molecule has 3 rings (SSSR count). The van der Waals surface area contributed by atoms with Crippen molar-refractivity contribution in [3.63, 3.8) is 0 Å². The van der Waals surface area contributed by atoms with Crippen LogP contribution in [-0.4, -0.2) is 30.1 Å². The first kappa shape index (κ1) is 57.4. The fraction of sp³-hybridized carbons (Fsp3) is 0.611. The first-order chi connectivity index (χ1) is 28.2. The minimum absolute atomic E-state index is 0.0398. The van der Waals surface area contributed by atoms with Crippen molar-refractivity contribution in [3.8, 4) is 0 Å². The first-order valence-electron chi connectivity index (χ1n) is 23.5. The third kappa shape index (κ3) is 23.6. The highest BCUT2D eigenvalue weighted by Gasteiger charge is 2.27. The minimum atomic E-state index is -0.349. The van der Waals surface area contributed by atoms with Gasteiger partial charge in [0.25, 0.3) is 5.91 Å². The van der Waals surface area contributed by atoms with Crippen LogP contribution in [0.5, 0.6) is 0 Å². The van der Waals surface area contributed by atoms with E-state index >= 15 is 0 Å². The Morgan fingerprint density at radius 2 is 1.39 bits per heavy atom. The van der Waals surface area contributed by atoms with Gasteiger partial charge < -0.3 is 10.6 Å². The summed E-state index contributed by atoms with van der Waals surface area (Å²) in [6, 6.07) is 15.2. The molecule has 0 heterocycles. The van der Waals surface area contributed by atoms with Gasteiger partial charge in [-0.3, -0.25) is 14.6 Å². The number of hydrogen-bond donors (Lipinski definition) is 2. The number of unbranched alkanes of at least 4 members (excludes halogenated alkanes) is 1. The lowest BCUT2D eigenvalue weighted by Gasteiger charge is -2.21. The molecule has 0 saturated heterocycles. The van der Waals surface area contributed by atoms with E-state index in [4.69, 9.17) is 4.99 Å². The number of carbonyl (C=O) groups is 2. The van der Waals surface area contributed by atoms with Crippen LogP contribution in [0.4, 0.5) is 5.69 Å². The van der Waals surface area contributed by atoms with Gasteiger partial charge in [-0.05, 0) is 118 Å². The van der Waals surface area contributed by atoms with Crippen molar-refractivity contribution in [3.05, 3.63) is 100 Å². The maximum Gasteiger partial charge on any atom is 0.254 e. The van der Waals surface area contributed by atoms with Crippen LogP contribution < -0.4 is 10.6 Å². The van der Waals surface area contributed by atoms with E-state index in [0.717, 1.165) is 24.4 Å². The predicted octanol–water partition coefficient (Wildman–Crippen LogP) is 15.4. The molecule has 5 heteroatoms. The molecule has 0 spiro atoms. The molecule has 0 radical (unpaired) electrons. The zero-order valence-electron chi connectivity index (χ0n) is 41.3. The second-order valence-electron chi connectivity index (χ2n) is 16.1. The fourth-order valence-corrected chi connectivity index (χ4v) is 6.15. The number of fused-ring (bicyclic) bond motifs is 1. The van der Waals surface area contributed by atoms with Gasteiger partial charge in [0, 0.05) is 17.8 Å². The van der Waals surface area contributed by atoms with E-state index < -0.39 is 0 Å². The maximum absolute atomic E-state index is 13.6. The number of aryl methyl sites for hydroxylation is 3. The number of anilines is 1. The van der Waals surface area contributed by atoms with Crippen LogP contribution in [-0.2, 0) is 22.4 Å². The highest BCUT2D eigenvalue weighted by molar-refractivity contribution is 6.35. The molecule has 59 heavy (non-hydrogen) atoms. The number of allylic oxidation sites excluding steroid dienone is 4. The highest BCUT2D eigenvalue weighted by Crippen LogP contribution is 2.24. The van der Waals surface area contributed by atoms with E-state index in [1.807, 2.05) is 59.8 Å². The van der Waals surface area contributed by atoms with Crippen LogP contribution in [0, 0.1) is 24.7 Å². The number of Topliss-reactive ketones (excluding diaryl/α,β-unsaturated/α-hetero) is 1. The van der Waals surface area contributed by atoms with Crippen LogP contribution in [0.1, 0.15) is 190 Å². The SMILES string of the molecule is CC.CC=CC(/N=C(\C(=C/C)C(=O)/C(=C\C)C(=O)NCC(C)C)C(C)CC)Nc1cccc(C(C)CC)c1.CCCC.CCCC(C)CC.Cc1ccc2c(c1)CCC2. The van der Waals surface area contributed by atoms with Gasteiger partial charge in [0.2, 0.25) is 0 Å². The van der Waals surface area contributed by atoms with Crippen molar-refractivity contribution in [2.24, 2.45) is 22.7 Å². The third-order valence-electron chi connectivity index (χ3n) is 10.6. The number of ketones is 1. The summed E-state index contributed by atoms with van der Waals surface area (Å²) in [5.41, 5.74) is 8.15. The molecule has 0 aromatic heterocycles. The van der Waals surface area contributed by atoms with Crippen molar-refractivity contribution in [2.45, 2.75) is 194 Å². The van der Waals surface area contributed by atoms with Crippen LogP contribution in [0.25, 0.3) is 0 Å². The number of amides is 1. The molecule has 1 amide bonds. The Morgan fingerprint density at radius 1 is 0.763 bits per heavy atom. The number of rotatable bonds is 18. The molecule has 0 bridgehead atoms. The van der Waals surface area contributed by atoms with Crippen LogP contribution in [0.2, 0.25) is 0 Å². The zero-order valence-corrected chi connectivity index (χ0v) is 41.3. The summed E-state index contributed by atoms with van der Waals surface area (Å²) in [6.07, 6.45) is 19.6. The lowest BCUT2D eigenvalue weighted by molar-refractivity contribution is -0.121. The monoisotopic (exact) mass is 814 g/mol. The standard InChI is InChI=1S/C31H47N3O2.C10H12.C7H16.C4H10.C2H6/c1-10-16-28(33-25-18-15-17-24(19-25)22(8)11-2)34-29(23(9)12-3)26(13-4)30(35)27(14-5)31(36)32-20-21(6)7;1-8-5-6-9-3-2-4-10(9)7-8;1-4-6-7(3)5-2;1-3-4-2;1-2/h10,13-19,21-23,28,33H,11-12,20H2,1-9H3,(H,32,36);5-7H,2-4H2,1H3;7H,4-6H2,1-3H3;3-4H2,1-2H3;1-2H3/b16-10?,26-13+,27-14+,34-29-;;;;. The average molecular weight is 814 g/mol. The normalized spacial score (nSPS) is 14.4. The van der Waals surface area contributed by atoms with Gasteiger partial charge in [0.1, 0.15) is 6.17 Å². The lowest BCUT2D eigenvalue weighted by Crippen LogP contribution is -2.33. The Balaban J connectivity index is 0. The Kier molecular flexibility index (Phi) is 34.1. The topological polar surface area (TPSA) is 70.6 Å². The average Bonchev–Trinajstić information content (AvgIpc) is 3.71. The molecule has 4 atom stereocenters. The van der Waals surface area contributed by atoms with Gasteiger partial charge in [0.05, 0.1) is 11.3 Å². The maximum atomic E-state index is 13.6. The number of benzene rings is 2. The molecule has 2 aromatic carbocycles. The van der Waals surface area contributed by atoms with E-state index in [9.17, 15) is 9.59 Å². The van der Waals surface area contributed by atoms with Crippen molar-refractivity contribution in [1.82, 2.24) is 5.32 Å². The Bertz CT molecular complexity index is 1540. The van der Waals surface area contributed by atoms with Crippen molar-refractivity contribution in [2.75, 3.05) is 11.9 Å². The van der Waals surface area contributed by atoms with E-state index in [2.05, 4.69) is 116 Å². The molecule has 1 aliphatic carbocycles. The van der Waals surface area contributed by atoms with E-state index in [-0.39, 0.29) is 29.3 Å². The first-order valence-corrected chi connectivity index (χ1v) is 23.5. The van der Waals surface area contributed by atoms with Crippen molar-refractivity contribution in [1.29, 1.82) is 0 Å². The fourth-order valence-electron chi connectivity index (χ4n) is 6.15. The van der Waals surface area contributed by atoms with Crippen LogP contribution >= 0.6 is 0 Å².